The van der Waals surface area contributed by atoms with Gasteiger partial charge in [-0.1, -0.05) is 46.0 Å². The average Bonchev–Trinajstić information content (AvgIpc) is 2.09. The first-order valence-electron chi connectivity index (χ1n) is 6.12. The van der Waals surface area contributed by atoms with Crippen molar-refractivity contribution in [1.82, 2.24) is 4.90 Å². The van der Waals surface area contributed by atoms with Crippen molar-refractivity contribution in [1.29, 1.82) is 0 Å². The highest BCUT2D eigenvalue weighted by Gasteiger charge is 2.15. The molecular weight excluding hydrogens is 158 g/mol. The van der Waals surface area contributed by atoms with Crippen molar-refractivity contribution < 1.29 is 0 Å². The topological polar surface area (TPSA) is 3.24 Å². The Morgan fingerprint density at radius 1 is 0.846 bits per heavy atom. The minimum atomic E-state index is 0.898. The minimum Gasteiger partial charge on any atom is -0.301 e. The Kier molecular flexibility index (Phi) is 5.45. The fourth-order valence-corrected chi connectivity index (χ4v) is 2.54. The van der Waals surface area contributed by atoms with Crippen LogP contribution in [-0.2, 0) is 0 Å². The van der Waals surface area contributed by atoms with Crippen molar-refractivity contribution in [3.8, 4) is 0 Å². The second-order valence-corrected chi connectivity index (χ2v) is 4.22. The zero-order chi connectivity index (χ0) is 9.52. The number of hydrogen-bond donors (Lipinski definition) is 0. The van der Waals surface area contributed by atoms with Gasteiger partial charge in [0.25, 0.3) is 0 Å². The van der Waals surface area contributed by atoms with Gasteiger partial charge in [-0.25, -0.2) is 0 Å². The molecule has 0 unspecified atom stereocenters. The van der Waals surface area contributed by atoms with E-state index in [2.05, 4.69) is 18.7 Å². The van der Waals surface area contributed by atoms with Crippen molar-refractivity contribution in [3.05, 3.63) is 0 Å². The number of rotatable bonds is 3. The maximum absolute atomic E-state index is 2.64. The largest absolute Gasteiger partial charge is 0.301 e. The van der Waals surface area contributed by atoms with Crippen molar-refractivity contribution in [2.75, 3.05) is 13.1 Å². The molecule has 0 N–H and O–H groups in total. The number of nitrogens with zero attached hydrogens (tertiary/aromatic N) is 1. The van der Waals surface area contributed by atoms with E-state index in [1.54, 1.807) is 0 Å². The molecule has 1 saturated carbocycles. The fourth-order valence-electron chi connectivity index (χ4n) is 2.54. The molecule has 0 spiro atoms. The maximum Gasteiger partial charge on any atom is 0.00950 e. The van der Waals surface area contributed by atoms with Crippen molar-refractivity contribution in [2.45, 2.75) is 64.8 Å². The lowest BCUT2D eigenvalue weighted by molar-refractivity contribution is 0.182. The van der Waals surface area contributed by atoms with Gasteiger partial charge >= 0.3 is 0 Å². The summed E-state index contributed by atoms with van der Waals surface area (Å²) in [4.78, 5) is 2.64. The summed E-state index contributed by atoms with van der Waals surface area (Å²) < 4.78 is 0. The Labute approximate surface area is 83.5 Å². The predicted molar refractivity (Wildman–Crippen MR) is 59.0 cm³/mol. The second kappa shape index (κ2) is 6.42. The van der Waals surface area contributed by atoms with E-state index >= 15 is 0 Å². The van der Waals surface area contributed by atoms with Crippen LogP contribution in [0.1, 0.15) is 58.8 Å². The molecule has 0 radical (unpaired) electrons. The third kappa shape index (κ3) is 3.68. The van der Waals surface area contributed by atoms with E-state index in [4.69, 9.17) is 0 Å². The van der Waals surface area contributed by atoms with Crippen LogP contribution < -0.4 is 0 Å². The number of hydrogen-bond acceptors (Lipinski definition) is 1. The summed E-state index contributed by atoms with van der Waals surface area (Å²) in [6.45, 7) is 7.06. The monoisotopic (exact) mass is 183 g/mol. The highest BCUT2D eigenvalue weighted by atomic mass is 15.1. The quantitative estimate of drug-likeness (QED) is 0.648. The molecule has 0 aliphatic heterocycles. The molecule has 0 amide bonds. The maximum atomic E-state index is 2.64. The van der Waals surface area contributed by atoms with E-state index in [1.165, 1.54) is 58.0 Å². The van der Waals surface area contributed by atoms with Crippen LogP contribution in [0.15, 0.2) is 0 Å². The fraction of sp³-hybridized carbons (Fsp3) is 1.00. The van der Waals surface area contributed by atoms with E-state index in [0.29, 0.717) is 0 Å². The Morgan fingerprint density at radius 3 is 1.77 bits per heavy atom. The van der Waals surface area contributed by atoms with Crippen LogP contribution in [0.4, 0.5) is 0 Å². The first kappa shape index (κ1) is 11.0. The molecule has 0 heterocycles. The molecule has 13 heavy (non-hydrogen) atoms. The van der Waals surface area contributed by atoms with Crippen LogP contribution in [-0.4, -0.2) is 24.0 Å². The summed E-state index contributed by atoms with van der Waals surface area (Å²) in [5, 5.41) is 0. The van der Waals surface area contributed by atoms with Gasteiger partial charge in [0.2, 0.25) is 0 Å². The first-order valence-corrected chi connectivity index (χ1v) is 6.12. The minimum absolute atomic E-state index is 0.898. The molecule has 1 nitrogen and oxygen atoms in total. The Balaban J connectivity index is 2.35. The zero-order valence-corrected chi connectivity index (χ0v) is 9.39. The summed E-state index contributed by atoms with van der Waals surface area (Å²) in [6.07, 6.45) is 10.2. The van der Waals surface area contributed by atoms with Gasteiger partial charge in [0.05, 0.1) is 0 Å². The molecule has 0 aromatic carbocycles. The van der Waals surface area contributed by atoms with Crippen LogP contribution in [0, 0.1) is 0 Å². The summed E-state index contributed by atoms with van der Waals surface area (Å²) in [6, 6.07) is 0.898. The third-order valence-corrected chi connectivity index (χ3v) is 3.40. The molecule has 0 saturated heterocycles. The lowest BCUT2D eigenvalue weighted by atomic mass is 9.95. The van der Waals surface area contributed by atoms with Crippen LogP contribution in [0.25, 0.3) is 0 Å². The first-order chi connectivity index (χ1) is 6.38. The van der Waals surface area contributed by atoms with Crippen LogP contribution >= 0.6 is 0 Å². The summed E-state index contributed by atoms with van der Waals surface area (Å²) in [7, 11) is 0. The van der Waals surface area contributed by atoms with E-state index in [-0.39, 0.29) is 0 Å². The summed E-state index contributed by atoms with van der Waals surface area (Å²) >= 11 is 0. The highest BCUT2D eigenvalue weighted by molar-refractivity contribution is 4.72. The lowest BCUT2D eigenvalue weighted by Crippen LogP contribution is -2.35. The smallest absolute Gasteiger partial charge is 0.00950 e. The summed E-state index contributed by atoms with van der Waals surface area (Å²) in [5.74, 6) is 0. The van der Waals surface area contributed by atoms with Gasteiger partial charge in [-0.05, 0) is 25.9 Å². The molecule has 1 aliphatic carbocycles. The molecule has 1 heteroatoms. The standard InChI is InChI=1S/C12H25N/c1-3-13(4-2)12-10-8-6-5-7-9-11-12/h12H,3-11H2,1-2H3. The third-order valence-electron chi connectivity index (χ3n) is 3.40. The van der Waals surface area contributed by atoms with Gasteiger partial charge in [0.1, 0.15) is 0 Å². The predicted octanol–water partition coefficient (Wildman–Crippen LogP) is 3.44. The lowest BCUT2D eigenvalue weighted by Gasteiger charge is -2.31. The normalized spacial score (nSPS) is 21.5. The molecule has 0 aromatic heterocycles. The van der Waals surface area contributed by atoms with Gasteiger partial charge in [0, 0.05) is 6.04 Å². The van der Waals surface area contributed by atoms with Crippen LogP contribution in [0.5, 0.6) is 0 Å². The molecule has 0 aromatic rings. The molecule has 0 bridgehead atoms. The van der Waals surface area contributed by atoms with Crippen molar-refractivity contribution in [2.24, 2.45) is 0 Å². The van der Waals surface area contributed by atoms with E-state index in [0.717, 1.165) is 6.04 Å². The van der Waals surface area contributed by atoms with Gasteiger partial charge in [-0.15, -0.1) is 0 Å². The SMILES string of the molecule is CCN(CC)C1CCCCCCC1. The Bertz CT molecular complexity index is 110. The summed E-state index contributed by atoms with van der Waals surface area (Å²) in [5.41, 5.74) is 0. The Morgan fingerprint density at radius 2 is 1.31 bits per heavy atom. The highest BCUT2D eigenvalue weighted by Crippen LogP contribution is 2.20. The van der Waals surface area contributed by atoms with E-state index < -0.39 is 0 Å². The molecule has 78 valence electrons. The molecule has 1 rings (SSSR count). The van der Waals surface area contributed by atoms with Crippen molar-refractivity contribution >= 4 is 0 Å². The molecule has 0 atom stereocenters. The van der Waals surface area contributed by atoms with Gasteiger partial charge in [-0.3, -0.25) is 0 Å². The van der Waals surface area contributed by atoms with Crippen LogP contribution in [0.2, 0.25) is 0 Å². The molecular formula is C12H25N. The van der Waals surface area contributed by atoms with Crippen molar-refractivity contribution in [3.63, 3.8) is 0 Å². The van der Waals surface area contributed by atoms with Gasteiger partial charge in [-0.2, -0.15) is 0 Å². The van der Waals surface area contributed by atoms with Gasteiger partial charge < -0.3 is 4.90 Å². The van der Waals surface area contributed by atoms with Gasteiger partial charge in [0.15, 0.2) is 0 Å². The second-order valence-electron chi connectivity index (χ2n) is 4.22. The average molecular weight is 183 g/mol. The molecule has 1 fully saturated rings. The zero-order valence-electron chi connectivity index (χ0n) is 9.39. The van der Waals surface area contributed by atoms with E-state index in [1.807, 2.05) is 0 Å². The van der Waals surface area contributed by atoms with E-state index in [9.17, 15) is 0 Å². The molecule has 1 aliphatic rings. The van der Waals surface area contributed by atoms with Crippen LogP contribution in [0.3, 0.4) is 0 Å². The Hall–Kier alpha value is -0.0400.